The van der Waals surface area contributed by atoms with Crippen LogP contribution in [0.1, 0.15) is 27.7 Å². The number of nitrogens with zero attached hydrogens (tertiary/aromatic N) is 1. The Morgan fingerprint density at radius 1 is 0.944 bits per heavy atom. The van der Waals surface area contributed by atoms with Crippen LogP contribution in [0.25, 0.3) is 0 Å². The normalized spacial score (nSPS) is 12.7. The number of rotatable bonds is 4. The lowest BCUT2D eigenvalue weighted by Crippen LogP contribution is -2.41. The van der Waals surface area contributed by atoms with Gasteiger partial charge in [-0.25, -0.2) is 8.42 Å². The Morgan fingerprint density at radius 2 is 1.33 bits per heavy atom. The van der Waals surface area contributed by atoms with Crippen molar-refractivity contribution < 1.29 is 8.42 Å². The number of sulfonamides is 1. The number of hydrogen-bond donors (Lipinski definition) is 0. The standard InChI is InChI=1S/C12H17Br2NO2S/c1-8(2)15(9(3)4)18(16,17)12-6-10(13)5-11(14)7-12/h5-9H,1-4H3. The number of hydrogen-bond acceptors (Lipinski definition) is 2. The van der Waals surface area contributed by atoms with E-state index in [1.54, 1.807) is 12.1 Å². The van der Waals surface area contributed by atoms with Gasteiger partial charge in [-0.3, -0.25) is 0 Å². The molecule has 0 saturated carbocycles. The van der Waals surface area contributed by atoms with Crippen LogP contribution in [0.2, 0.25) is 0 Å². The van der Waals surface area contributed by atoms with E-state index in [4.69, 9.17) is 0 Å². The average molecular weight is 399 g/mol. The third-order valence-electron chi connectivity index (χ3n) is 2.43. The van der Waals surface area contributed by atoms with Crippen LogP contribution in [0.15, 0.2) is 32.0 Å². The first kappa shape index (κ1) is 16.1. The topological polar surface area (TPSA) is 37.4 Å². The molecule has 1 aromatic rings. The largest absolute Gasteiger partial charge is 0.243 e. The van der Waals surface area contributed by atoms with Gasteiger partial charge in [0.05, 0.1) is 4.90 Å². The second-order valence-corrected chi connectivity index (χ2v) is 8.30. The van der Waals surface area contributed by atoms with Gasteiger partial charge in [-0.1, -0.05) is 31.9 Å². The molecule has 0 aliphatic carbocycles. The molecule has 0 aliphatic heterocycles. The molecule has 0 bridgehead atoms. The lowest BCUT2D eigenvalue weighted by atomic mass is 10.3. The molecule has 0 aliphatic rings. The first-order chi connectivity index (χ1) is 8.16. The van der Waals surface area contributed by atoms with Gasteiger partial charge < -0.3 is 0 Å². The summed E-state index contributed by atoms with van der Waals surface area (Å²) in [4.78, 5) is 0.297. The van der Waals surface area contributed by atoms with Crippen molar-refractivity contribution >= 4 is 41.9 Å². The number of halogens is 2. The third-order valence-corrected chi connectivity index (χ3v) is 5.57. The summed E-state index contributed by atoms with van der Waals surface area (Å²) in [5.74, 6) is 0. The molecule has 3 nitrogen and oxygen atoms in total. The molecule has 0 unspecified atom stereocenters. The van der Waals surface area contributed by atoms with Crippen LogP contribution in [-0.4, -0.2) is 24.8 Å². The Bertz CT molecular complexity index is 499. The highest BCUT2D eigenvalue weighted by molar-refractivity contribution is 9.11. The van der Waals surface area contributed by atoms with E-state index >= 15 is 0 Å². The van der Waals surface area contributed by atoms with E-state index in [0.29, 0.717) is 4.90 Å². The van der Waals surface area contributed by atoms with Crippen LogP contribution in [0.3, 0.4) is 0 Å². The molecule has 0 fully saturated rings. The van der Waals surface area contributed by atoms with Gasteiger partial charge in [-0.05, 0) is 45.9 Å². The predicted molar refractivity (Wildman–Crippen MR) is 81.1 cm³/mol. The summed E-state index contributed by atoms with van der Waals surface area (Å²) >= 11 is 6.63. The Morgan fingerprint density at radius 3 is 1.67 bits per heavy atom. The summed E-state index contributed by atoms with van der Waals surface area (Å²) in [5, 5.41) is 0. The second kappa shape index (κ2) is 6.03. The summed E-state index contributed by atoms with van der Waals surface area (Å²) in [7, 11) is -3.47. The monoisotopic (exact) mass is 397 g/mol. The maximum Gasteiger partial charge on any atom is 0.243 e. The minimum Gasteiger partial charge on any atom is -0.207 e. The van der Waals surface area contributed by atoms with E-state index in [2.05, 4.69) is 31.9 Å². The lowest BCUT2D eigenvalue weighted by molar-refractivity contribution is 0.302. The molecule has 6 heteroatoms. The average Bonchev–Trinajstić information content (AvgIpc) is 2.13. The van der Waals surface area contributed by atoms with Gasteiger partial charge in [0.1, 0.15) is 0 Å². The van der Waals surface area contributed by atoms with Crippen LogP contribution in [0.4, 0.5) is 0 Å². The summed E-state index contributed by atoms with van der Waals surface area (Å²) < 4.78 is 28.2. The first-order valence-electron chi connectivity index (χ1n) is 5.66. The fraction of sp³-hybridized carbons (Fsp3) is 0.500. The van der Waals surface area contributed by atoms with E-state index in [1.807, 2.05) is 33.8 Å². The molecule has 0 atom stereocenters. The van der Waals surface area contributed by atoms with Crippen LogP contribution in [0, 0.1) is 0 Å². The minimum atomic E-state index is -3.47. The van der Waals surface area contributed by atoms with E-state index in [1.165, 1.54) is 4.31 Å². The van der Waals surface area contributed by atoms with Gasteiger partial charge in [-0.2, -0.15) is 4.31 Å². The summed E-state index contributed by atoms with van der Waals surface area (Å²) in [5.41, 5.74) is 0. The first-order valence-corrected chi connectivity index (χ1v) is 8.68. The number of benzene rings is 1. The zero-order valence-corrected chi connectivity index (χ0v) is 14.8. The zero-order valence-electron chi connectivity index (χ0n) is 10.8. The molecule has 1 aromatic carbocycles. The summed E-state index contributed by atoms with van der Waals surface area (Å²) in [6, 6.07) is 4.91. The van der Waals surface area contributed by atoms with Crippen molar-refractivity contribution in [3.05, 3.63) is 27.1 Å². The molecule has 18 heavy (non-hydrogen) atoms. The molecule has 102 valence electrons. The van der Waals surface area contributed by atoms with E-state index in [9.17, 15) is 8.42 Å². The van der Waals surface area contributed by atoms with Crippen molar-refractivity contribution in [1.29, 1.82) is 0 Å². The van der Waals surface area contributed by atoms with Crippen molar-refractivity contribution in [3.8, 4) is 0 Å². The third kappa shape index (κ3) is 3.56. The van der Waals surface area contributed by atoms with Crippen molar-refractivity contribution in [2.45, 2.75) is 44.7 Å². The molecule has 0 saturated heterocycles. The van der Waals surface area contributed by atoms with Crippen molar-refractivity contribution in [1.82, 2.24) is 4.31 Å². The van der Waals surface area contributed by atoms with E-state index < -0.39 is 10.0 Å². The predicted octanol–water partition coefficient (Wildman–Crippen LogP) is 4.02. The van der Waals surface area contributed by atoms with E-state index in [-0.39, 0.29) is 12.1 Å². The molecule has 1 rings (SSSR count). The molecule has 0 aromatic heterocycles. The zero-order chi connectivity index (χ0) is 14.1. The van der Waals surface area contributed by atoms with E-state index in [0.717, 1.165) is 8.95 Å². The summed E-state index contributed by atoms with van der Waals surface area (Å²) in [6.45, 7) is 7.52. The fourth-order valence-electron chi connectivity index (χ4n) is 1.95. The van der Waals surface area contributed by atoms with Gasteiger partial charge in [0.25, 0.3) is 0 Å². The van der Waals surface area contributed by atoms with Gasteiger partial charge in [-0.15, -0.1) is 0 Å². The van der Waals surface area contributed by atoms with Crippen LogP contribution >= 0.6 is 31.9 Å². The lowest BCUT2D eigenvalue weighted by Gasteiger charge is -2.29. The van der Waals surface area contributed by atoms with Gasteiger partial charge >= 0.3 is 0 Å². The Kier molecular flexibility index (Phi) is 5.41. The van der Waals surface area contributed by atoms with Crippen LogP contribution in [0.5, 0.6) is 0 Å². The molecule has 0 spiro atoms. The Hall–Kier alpha value is 0.0900. The highest BCUT2D eigenvalue weighted by Crippen LogP contribution is 2.27. The fourth-order valence-corrected chi connectivity index (χ4v) is 5.45. The van der Waals surface area contributed by atoms with Gasteiger partial charge in [0.2, 0.25) is 10.0 Å². The molecule has 0 N–H and O–H groups in total. The molecular weight excluding hydrogens is 382 g/mol. The van der Waals surface area contributed by atoms with Crippen molar-refractivity contribution in [3.63, 3.8) is 0 Å². The molecule has 0 radical (unpaired) electrons. The maximum absolute atomic E-state index is 12.6. The highest BCUT2D eigenvalue weighted by atomic mass is 79.9. The van der Waals surface area contributed by atoms with Crippen molar-refractivity contribution in [2.24, 2.45) is 0 Å². The molecule has 0 amide bonds. The molecular formula is C12H17Br2NO2S. The van der Waals surface area contributed by atoms with Crippen LogP contribution in [-0.2, 0) is 10.0 Å². The van der Waals surface area contributed by atoms with Gasteiger partial charge in [0, 0.05) is 21.0 Å². The van der Waals surface area contributed by atoms with Crippen molar-refractivity contribution in [2.75, 3.05) is 0 Å². The maximum atomic E-state index is 12.6. The van der Waals surface area contributed by atoms with Gasteiger partial charge in [0.15, 0.2) is 0 Å². The Labute approximate surface area is 126 Å². The second-order valence-electron chi connectivity index (χ2n) is 4.63. The highest BCUT2D eigenvalue weighted by Gasteiger charge is 2.29. The summed E-state index contributed by atoms with van der Waals surface area (Å²) in [6.07, 6.45) is 0. The minimum absolute atomic E-state index is 0.0762. The Balaban J connectivity index is 3.35. The SMILES string of the molecule is CC(C)N(C(C)C)S(=O)(=O)c1cc(Br)cc(Br)c1. The van der Waals surface area contributed by atoms with Crippen LogP contribution < -0.4 is 0 Å². The smallest absolute Gasteiger partial charge is 0.207 e. The quantitative estimate of drug-likeness (QED) is 0.767. The molecule has 0 heterocycles.